The molecule has 0 bridgehead atoms. The molecule has 0 unspecified atom stereocenters. The first-order valence-corrected chi connectivity index (χ1v) is 7.71. The van der Waals surface area contributed by atoms with Crippen molar-refractivity contribution < 1.29 is 9.59 Å². The zero-order chi connectivity index (χ0) is 15.7. The van der Waals surface area contributed by atoms with Gasteiger partial charge in [0.05, 0.1) is 0 Å². The second-order valence-corrected chi connectivity index (χ2v) is 5.42. The number of anilines is 2. The molecule has 0 saturated carbocycles. The highest BCUT2D eigenvalue weighted by atomic mass is 16.2. The second-order valence-electron chi connectivity index (χ2n) is 5.42. The summed E-state index contributed by atoms with van der Waals surface area (Å²) >= 11 is 0. The van der Waals surface area contributed by atoms with Crippen LogP contribution in [-0.4, -0.2) is 11.8 Å². The van der Waals surface area contributed by atoms with E-state index in [1.165, 1.54) is 26.2 Å². The Kier molecular flexibility index (Phi) is 7.51. The van der Waals surface area contributed by atoms with E-state index in [1.54, 1.807) is 6.07 Å². The van der Waals surface area contributed by atoms with Gasteiger partial charge in [0.2, 0.25) is 11.8 Å². The van der Waals surface area contributed by atoms with Gasteiger partial charge in [-0.1, -0.05) is 38.7 Å². The summed E-state index contributed by atoms with van der Waals surface area (Å²) in [5.74, 6) is -0.0818. The summed E-state index contributed by atoms with van der Waals surface area (Å²) in [6, 6.07) is 5.55. The predicted octanol–water partition coefficient (Wildman–Crippen LogP) is 4.25. The van der Waals surface area contributed by atoms with Gasteiger partial charge in [-0.3, -0.25) is 9.59 Å². The van der Waals surface area contributed by atoms with Crippen LogP contribution >= 0.6 is 0 Å². The minimum absolute atomic E-state index is 0.0316. The fourth-order valence-corrected chi connectivity index (χ4v) is 2.14. The highest BCUT2D eigenvalue weighted by molar-refractivity contribution is 5.93. The van der Waals surface area contributed by atoms with Crippen LogP contribution in [-0.2, 0) is 9.59 Å². The minimum atomic E-state index is -0.113. The van der Waals surface area contributed by atoms with Gasteiger partial charge in [0, 0.05) is 24.7 Å². The van der Waals surface area contributed by atoms with Crippen LogP contribution in [0.4, 0.5) is 11.4 Å². The van der Waals surface area contributed by atoms with Crippen molar-refractivity contribution in [2.75, 3.05) is 10.6 Å². The lowest BCUT2D eigenvalue weighted by Crippen LogP contribution is -2.12. The van der Waals surface area contributed by atoms with E-state index in [0.29, 0.717) is 6.42 Å². The molecule has 4 nitrogen and oxygen atoms in total. The summed E-state index contributed by atoms with van der Waals surface area (Å²) < 4.78 is 0. The molecule has 0 heterocycles. The van der Waals surface area contributed by atoms with Gasteiger partial charge in [-0.25, -0.2) is 0 Å². The predicted molar refractivity (Wildman–Crippen MR) is 87.5 cm³/mol. The molecule has 1 aromatic carbocycles. The Labute approximate surface area is 127 Å². The lowest BCUT2D eigenvalue weighted by atomic mass is 10.1. The fraction of sp³-hybridized carbons (Fsp3) is 0.529. The Balaban J connectivity index is 2.46. The van der Waals surface area contributed by atoms with E-state index in [-0.39, 0.29) is 11.8 Å². The summed E-state index contributed by atoms with van der Waals surface area (Å²) in [5, 5.41) is 5.65. The Morgan fingerprint density at radius 1 is 1.05 bits per heavy atom. The first kappa shape index (κ1) is 17.2. The van der Waals surface area contributed by atoms with Crippen LogP contribution < -0.4 is 10.6 Å². The molecule has 0 atom stereocenters. The van der Waals surface area contributed by atoms with Crippen LogP contribution in [0.5, 0.6) is 0 Å². The van der Waals surface area contributed by atoms with Gasteiger partial charge >= 0.3 is 0 Å². The fourth-order valence-electron chi connectivity index (χ4n) is 2.14. The number of rotatable bonds is 8. The van der Waals surface area contributed by atoms with Crippen molar-refractivity contribution >= 4 is 23.2 Å². The molecule has 1 rings (SSSR count). The summed E-state index contributed by atoms with van der Waals surface area (Å²) in [4.78, 5) is 23.0. The number of carbonyl (C=O) groups excluding carboxylic acids is 2. The smallest absolute Gasteiger partial charge is 0.224 e. The van der Waals surface area contributed by atoms with Crippen LogP contribution in [0.2, 0.25) is 0 Å². The van der Waals surface area contributed by atoms with E-state index in [2.05, 4.69) is 17.6 Å². The zero-order valence-corrected chi connectivity index (χ0v) is 13.3. The zero-order valence-electron chi connectivity index (χ0n) is 13.3. The Morgan fingerprint density at radius 3 is 2.43 bits per heavy atom. The molecule has 4 heteroatoms. The van der Waals surface area contributed by atoms with Crippen molar-refractivity contribution in [3.05, 3.63) is 23.8 Å². The maximum atomic E-state index is 11.9. The first-order valence-electron chi connectivity index (χ1n) is 7.71. The van der Waals surface area contributed by atoms with Crippen LogP contribution in [0.1, 0.15) is 57.9 Å². The Morgan fingerprint density at radius 2 is 1.76 bits per heavy atom. The number of amides is 2. The molecule has 0 aliphatic carbocycles. The quantitative estimate of drug-likeness (QED) is 0.703. The number of benzene rings is 1. The molecule has 21 heavy (non-hydrogen) atoms. The molecule has 1 aromatic rings. The standard InChI is InChI=1S/C17H26N2O2/c1-4-5-6-7-8-9-17(21)19-15-11-10-13(2)16(12-15)18-14(3)20/h10-12H,4-9H2,1-3H3,(H,18,20)(H,19,21). The third-order valence-electron chi connectivity index (χ3n) is 3.34. The van der Waals surface area contributed by atoms with E-state index in [0.717, 1.165) is 29.8 Å². The van der Waals surface area contributed by atoms with Crippen molar-refractivity contribution in [2.24, 2.45) is 0 Å². The third-order valence-corrected chi connectivity index (χ3v) is 3.34. The summed E-state index contributed by atoms with van der Waals surface area (Å²) in [7, 11) is 0. The number of hydrogen-bond acceptors (Lipinski definition) is 2. The molecule has 0 aliphatic heterocycles. The molecule has 0 radical (unpaired) electrons. The number of hydrogen-bond donors (Lipinski definition) is 2. The van der Waals surface area contributed by atoms with Gasteiger partial charge in [0.25, 0.3) is 0 Å². The molecular formula is C17H26N2O2. The van der Waals surface area contributed by atoms with Gasteiger partial charge in [0.15, 0.2) is 0 Å². The number of aryl methyl sites for hydroxylation is 1. The highest BCUT2D eigenvalue weighted by Crippen LogP contribution is 2.20. The van der Waals surface area contributed by atoms with Crippen molar-refractivity contribution in [1.29, 1.82) is 0 Å². The van der Waals surface area contributed by atoms with Gasteiger partial charge in [-0.2, -0.15) is 0 Å². The number of unbranched alkanes of at least 4 members (excludes halogenated alkanes) is 4. The number of carbonyl (C=O) groups is 2. The van der Waals surface area contributed by atoms with Gasteiger partial charge in [-0.05, 0) is 31.0 Å². The largest absolute Gasteiger partial charge is 0.326 e. The number of nitrogens with one attached hydrogen (secondary N) is 2. The summed E-state index contributed by atoms with van der Waals surface area (Å²) in [5.41, 5.74) is 2.44. The first-order chi connectivity index (χ1) is 10.0. The summed E-state index contributed by atoms with van der Waals surface area (Å²) in [6.07, 6.45) is 6.22. The molecule has 2 amide bonds. The van der Waals surface area contributed by atoms with Gasteiger partial charge in [-0.15, -0.1) is 0 Å². The molecule has 0 spiro atoms. The van der Waals surface area contributed by atoms with Gasteiger partial charge in [0.1, 0.15) is 0 Å². The average Bonchev–Trinajstić information content (AvgIpc) is 2.42. The lowest BCUT2D eigenvalue weighted by Gasteiger charge is -2.10. The SMILES string of the molecule is CCCCCCCC(=O)Nc1ccc(C)c(NC(C)=O)c1. The van der Waals surface area contributed by atoms with Crippen molar-refractivity contribution in [1.82, 2.24) is 0 Å². The Bertz CT molecular complexity index is 484. The molecule has 0 aromatic heterocycles. The van der Waals surface area contributed by atoms with Crippen LogP contribution in [0, 0.1) is 6.92 Å². The van der Waals surface area contributed by atoms with E-state index < -0.39 is 0 Å². The van der Waals surface area contributed by atoms with E-state index in [4.69, 9.17) is 0 Å². The average molecular weight is 290 g/mol. The maximum absolute atomic E-state index is 11.9. The summed E-state index contributed by atoms with van der Waals surface area (Å²) in [6.45, 7) is 5.57. The molecule has 2 N–H and O–H groups in total. The molecule has 0 fully saturated rings. The Hall–Kier alpha value is -1.84. The topological polar surface area (TPSA) is 58.2 Å². The van der Waals surface area contributed by atoms with Crippen LogP contribution in [0.15, 0.2) is 18.2 Å². The van der Waals surface area contributed by atoms with E-state index in [9.17, 15) is 9.59 Å². The highest BCUT2D eigenvalue weighted by Gasteiger charge is 2.05. The van der Waals surface area contributed by atoms with Crippen molar-refractivity contribution in [2.45, 2.75) is 59.3 Å². The molecule has 0 saturated heterocycles. The minimum Gasteiger partial charge on any atom is -0.326 e. The molecule has 0 aliphatic rings. The van der Waals surface area contributed by atoms with E-state index >= 15 is 0 Å². The van der Waals surface area contributed by atoms with Crippen LogP contribution in [0.25, 0.3) is 0 Å². The molecule has 116 valence electrons. The normalized spacial score (nSPS) is 10.2. The van der Waals surface area contributed by atoms with Crippen molar-refractivity contribution in [3.8, 4) is 0 Å². The monoisotopic (exact) mass is 290 g/mol. The van der Waals surface area contributed by atoms with E-state index in [1.807, 2.05) is 19.1 Å². The lowest BCUT2D eigenvalue weighted by molar-refractivity contribution is -0.116. The third kappa shape index (κ3) is 6.93. The van der Waals surface area contributed by atoms with Gasteiger partial charge < -0.3 is 10.6 Å². The van der Waals surface area contributed by atoms with Crippen LogP contribution in [0.3, 0.4) is 0 Å². The second kappa shape index (κ2) is 9.16. The maximum Gasteiger partial charge on any atom is 0.224 e. The van der Waals surface area contributed by atoms with Crippen molar-refractivity contribution in [3.63, 3.8) is 0 Å². The molecular weight excluding hydrogens is 264 g/mol.